The maximum absolute atomic E-state index is 12.7. The monoisotopic (exact) mass is 379 g/mol. The molecule has 0 radical (unpaired) electrons. The minimum atomic E-state index is -0.157. The quantitative estimate of drug-likeness (QED) is 0.864. The first kappa shape index (κ1) is 18.9. The van der Waals surface area contributed by atoms with Gasteiger partial charge in [0.25, 0.3) is 0 Å². The van der Waals surface area contributed by atoms with Crippen LogP contribution in [0.1, 0.15) is 36.3 Å². The second-order valence-electron chi connectivity index (χ2n) is 8.03. The lowest BCUT2D eigenvalue weighted by Gasteiger charge is -2.44. The highest BCUT2D eigenvalue weighted by Gasteiger charge is 2.40. The molecule has 0 unspecified atom stereocenters. The number of hydrogen-bond donors (Lipinski definition) is 1. The third kappa shape index (κ3) is 4.02. The Hall–Kier alpha value is -2.47. The van der Waals surface area contributed by atoms with Gasteiger partial charge in [-0.2, -0.15) is 0 Å². The van der Waals surface area contributed by atoms with Crippen LogP contribution in [0.25, 0.3) is 0 Å². The predicted molar refractivity (Wildman–Crippen MR) is 110 cm³/mol. The van der Waals surface area contributed by atoms with Crippen molar-refractivity contribution in [1.82, 2.24) is 20.2 Å². The van der Waals surface area contributed by atoms with E-state index in [0.717, 1.165) is 56.4 Å². The molecular formula is C22H29N5O. The highest BCUT2D eigenvalue weighted by atomic mass is 16.2. The van der Waals surface area contributed by atoms with Gasteiger partial charge >= 0.3 is 0 Å². The third-order valence-corrected chi connectivity index (χ3v) is 5.93. The molecule has 2 aromatic rings. The van der Waals surface area contributed by atoms with Crippen LogP contribution in [0, 0.1) is 13.8 Å². The second kappa shape index (κ2) is 7.87. The number of benzene rings is 1. The first-order valence-electron chi connectivity index (χ1n) is 10.2. The van der Waals surface area contributed by atoms with E-state index in [-0.39, 0.29) is 11.4 Å². The molecule has 1 aliphatic carbocycles. The van der Waals surface area contributed by atoms with E-state index in [1.54, 1.807) is 0 Å². The Labute approximate surface area is 167 Å². The van der Waals surface area contributed by atoms with Gasteiger partial charge < -0.3 is 10.2 Å². The average Bonchev–Trinajstić information content (AvgIpc) is 2.65. The third-order valence-electron chi connectivity index (χ3n) is 5.93. The summed E-state index contributed by atoms with van der Waals surface area (Å²) in [6.07, 6.45) is 3.23. The van der Waals surface area contributed by atoms with Crippen LogP contribution >= 0.6 is 0 Å². The van der Waals surface area contributed by atoms with Crippen LogP contribution in [-0.2, 0) is 10.3 Å². The van der Waals surface area contributed by atoms with Crippen molar-refractivity contribution in [3.05, 3.63) is 53.5 Å². The van der Waals surface area contributed by atoms with Crippen molar-refractivity contribution < 1.29 is 4.79 Å². The molecule has 4 rings (SSSR count). The Balaban J connectivity index is 1.32. The number of nitrogens with zero attached hydrogens (tertiary/aromatic N) is 4. The topological polar surface area (TPSA) is 61.4 Å². The Bertz CT molecular complexity index is 806. The fourth-order valence-corrected chi connectivity index (χ4v) is 4.28. The van der Waals surface area contributed by atoms with E-state index >= 15 is 0 Å². The Morgan fingerprint density at radius 3 is 2.39 bits per heavy atom. The van der Waals surface area contributed by atoms with Crippen LogP contribution in [0.4, 0.5) is 5.82 Å². The van der Waals surface area contributed by atoms with E-state index in [2.05, 4.69) is 49.4 Å². The van der Waals surface area contributed by atoms with Crippen LogP contribution in [0.3, 0.4) is 0 Å². The van der Waals surface area contributed by atoms with E-state index in [1.807, 2.05) is 26.0 Å². The van der Waals surface area contributed by atoms with E-state index in [9.17, 15) is 4.79 Å². The number of carbonyl (C=O) groups is 1. The fourth-order valence-electron chi connectivity index (χ4n) is 4.28. The number of piperazine rings is 1. The summed E-state index contributed by atoms with van der Waals surface area (Å²) in [6, 6.07) is 12.4. The van der Waals surface area contributed by atoms with Crippen LogP contribution in [0.5, 0.6) is 0 Å². The number of aryl methyl sites for hydroxylation is 2. The molecule has 1 aromatic carbocycles. The number of aromatic nitrogens is 2. The van der Waals surface area contributed by atoms with Gasteiger partial charge in [-0.1, -0.05) is 30.3 Å². The van der Waals surface area contributed by atoms with Crippen molar-refractivity contribution in [2.45, 2.75) is 38.6 Å². The first-order chi connectivity index (χ1) is 13.5. The number of rotatable bonds is 5. The van der Waals surface area contributed by atoms with E-state index in [4.69, 9.17) is 0 Å². The van der Waals surface area contributed by atoms with E-state index < -0.39 is 0 Å². The summed E-state index contributed by atoms with van der Waals surface area (Å²) in [6.45, 7) is 7.90. The Morgan fingerprint density at radius 1 is 1.07 bits per heavy atom. The molecule has 1 aromatic heterocycles. The minimum absolute atomic E-state index is 0.130. The SMILES string of the molecule is Cc1cc(N2CCN(CC(=O)NC3(c4ccccc4)CCC3)CC2)nc(C)n1. The number of amides is 1. The number of nitrogens with one attached hydrogen (secondary N) is 1. The highest BCUT2D eigenvalue weighted by Crippen LogP contribution is 2.41. The summed E-state index contributed by atoms with van der Waals surface area (Å²) >= 11 is 0. The number of hydrogen-bond acceptors (Lipinski definition) is 5. The van der Waals surface area contributed by atoms with Crippen LogP contribution in [0.2, 0.25) is 0 Å². The zero-order valence-electron chi connectivity index (χ0n) is 16.8. The largest absolute Gasteiger partial charge is 0.354 e. The van der Waals surface area contributed by atoms with Crippen molar-refractivity contribution in [1.29, 1.82) is 0 Å². The normalized spacial score (nSPS) is 19.1. The van der Waals surface area contributed by atoms with Crippen molar-refractivity contribution >= 4 is 11.7 Å². The van der Waals surface area contributed by atoms with Gasteiger partial charge in [-0.15, -0.1) is 0 Å². The Morgan fingerprint density at radius 2 is 1.79 bits per heavy atom. The standard InChI is InChI=1S/C22H29N5O/c1-17-15-20(24-18(2)23-17)27-13-11-26(12-14-27)16-21(28)25-22(9-6-10-22)19-7-4-3-5-8-19/h3-5,7-8,15H,6,9-14,16H2,1-2H3,(H,25,28). The van der Waals surface area contributed by atoms with Crippen LogP contribution in [-0.4, -0.2) is 53.5 Å². The van der Waals surface area contributed by atoms with Gasteiger partial charge in [0.1, 0.15) is 11.6 Å². The molecule has 1 saturated heterocycles. The lowest BCUT2D eigenvalue weighted by atomic mass is 9.72. The molecule has 1 saturated carbocycles. The zero-order chi connectivity index (χ0) is 19.6. The average molecular weight is 380 g/mol. The smallest absolute Gasteiger partial charge is 0.234 e. The van der Waals surface area contributed by atoms with Crippen molar-refractivity contribution in [2.75, 3.05) is 37.6 Å². The molecule has 0 atom stereocenters. The molecule has 0 spiro atoms. The molecule has 1 amide bonds. The van der Waals surface area contributed by atoms with Gasteiger partial charge in [0.15, 0.2) is 0 Å². The Kier molecular flexibility index (Phi) is 5.31. The molecule has 148 valence electrons. The molecule has 2 fully saturated rings. The second-order valence-corrected chi connectivity index (χ2v) is 8.03. The number of anilines is 1. The summed E-state index contributed by atoms with van der Waals surface area (Å²) < 4.78 is 0. The molecule has 1 aliphatic heterocycles. The molecule has 1 N–H and O–H groups in total. The van der Waals surface area contributed by atoms with Crippen molar-refractivity contribution in [3.8, 4) is 0 Å². The first-order valence-corrected chi connectivity index (χ1v) is 10.2. The predicted octanol–water partition coefficient (Wildman–Crippen LogP) is 2.41. The van der Waals surface area contributed by atoms with Crippen LogP contribution in [0.15, 0.2) is 36.4 Å². The lowest BCUT2D eigenvalue weighted by molar-refractivity contribution is -0.125. The fraction of sp³-hybridized carbons (Fsp3) is 0.500. The molecule has 2 heterocycles. The number of carbonyl (C=O) groups excluding carboxylic acids is 1. The van der Waals surface area contributed by atoms with Crippen LogP contribution < -0.4 is 10.2 Å². The summed E-state index contributed by atoms with van der Waals surface area (Å²) in [5, 5.41) is 3.34. The van der Waals surface area contributed by atoms with E-state index in [1.165, 1.54) is 12.0 Å². The van der Waals surface area contributed by atoms with Gasteiger partial charge in [-0.25, -0.2) is 9.97 Å². The molecular weight excluding hydrogens is 350 g/mol. The summed E-state index contributed by atoms with van der Waals surface area (Å²) in [5.41, 5.74) is 2.07. The van der Waals surface area contributed by atoms with Gasteiger partial charge in [-0.3, -0.25) is 9.69 Å². The van der Waals surface area contributed by atoms with Gasteiger partial charge in [-0.05, 0) is 38.7 Å². The maximum Gasteiger partial charge on any atom is 0.234 e. The maximum atomic E-state index is 12.7. The molecule has 2 aliphatic rings. The van der Waals surface area contributed by atoms with Gasteiger partial charge in [0, 0.05) is 37.9 Å². The van der Waals surface area contributed by atoms with Gasteiger partial charge in [0.05, 0.1) is 12.1 Å². The van der Waals surface area contributed by atoms with Crippen molar-refractivity contribution in [3.63, 3.8) is 0 Å². The molecule has 6 heteroatoms. The molecule has 6 nitrogen and oxygen atoms in total. The highest BCUT2D eigenvalue weighted by molar-refractivity contribution is 5.79. The lowest BCUT2D eigenvalue weighted by Crippen LogP contribution is -2.55. The summed E-state index contributed by atoms with van der Waals surface area (Å²) in [5.74, 6) is 1.93. The minimum Gasteiger partial charge on any atom is -0.354 e. The van der Waals surface area contributed by atoms with E-state index in [0.29, 0.717) is 6.54 Å². The summed E-state index contributed by atoms with van der Waals surface area (Å²) in [7, 11) is 0. The zero-order valence-corrected chi connectivity index (χ0v) is 16.8. The molecule has 0 bridgehead atoms. The van der Waals surface area contributed by atoms with Gasteiger partial charge in [0.2, 0.25) is 5.91 Å². The summed E-state index contributed by atoms with van der Waals surface area (Å²) in [4.78, 5) is 26.2. The van der Waals surface area contributed by atoms with Crippen molar-refractivity contribution in [2.24, 2.45) is 0 Å². The molecule has 28 heavy (non-hydrogen) atoms.